The van der Waals surface area contributed by atoms with Crippen LogP contribution in [0.5, 0.6) is 0 Å². The number of hydrogen-bond donors (Lipinski definition) is 1. The van der Waals surface area contributed by atoms with E-state index in [0.29, 0.717) is 22.1 Å². The quantitative estimate of drug-likeness (QED) is 0.587. The maximum atomic E-state index is 14.2. The Labute approximate surface area is 124 Å². The summed E-state index contributed by atoms with van der Waals surface area (Å²) in [5.74, 6) is -0.385. The van der Waals surface area contributed by atoms with Gasteiger partial charge in [0.1, 0.15) is 0 Å². The van der Waals surface area contributed by atoms with Gasteiger partial charge in [-0.25, -0.2) is 14.4 Å². The third-order valence-corrected chi connectivity index (χ3v) is 3.60. The van der Waals surface area contributed by atoms with Gasteiger partial charge in [-0.1, -0.05) is 6.07 Å². The Morgan fingerprint density at radius 2 is 2.05 bits per heavy atom. The number of hydrogen-bond acceptors (Lipinski definition) is 3. The molecule has 0 aliphatic heterocycles. The number of benzene rings is 1. The molecule has 0 aliphatic rings. The van der Waals surface area contributed by atoms with E-state index in [9.17, 15) is 9.18 Å². The Hall–Kier alpha value is -3.02. The highest BCUT2D eigenvalue weighted by Gasteiger charge is 2.09. The summed E-state index contributed by atoms with van der Waals surface area (Å²) in [5.41, 5.74) is 2.93. The first-order valence-electron chi connectivity index (χ1n) is 6.74. The van der Waals surface area contributed by atoms with Crippen LogP contribution in [0.15, 0.2) is 47.8 Å². The summed E-state index contributed by atoms with van der Waals surface area (Å²) in [5, 5.41) is 0.506. The van der Waals surface area contributed by atoms with E-state index < -0.39 is 0 Å². The van der Waals surface area contributed by atoms with Crippen molar-refractivity contribution in [3.63, 3.8) is 0 Å². The van der Waals surface area contributed by atoms with Gasteiger partial charge >= 0.3 is 0 Å². The van der Waals surface area contributed by atoms with Crippen molar-refractivity contribution in [3.8, 4) is 11.1 Å². The van der Waals surface area contributed by atoms with Crippen LogP contribution < -0.4 is 5.56 Å². The number of imidazole rings is 1. The molecule has 0 aliphatic carbocycles. The average molecular weight is 294 g/mol. The van der Waals surface area contributed by atoms with Gasteiger partial charge in [-0.3, -0.25) is 4.79 Å². The largest absolute Gasteiger partial charge is 0.313 e. The molecule has 0 bridgehead atoms. The maximum Gasteiger partial charge on any atom is 0.258 e. The molecule has 22 heavy (non-hydrogen) atoms. The van der Waals surface area contributed by atoms with Gasteiger partial charge in [0.15, 0.2) is 11.5 Å². The van der Waals surface area contributed by atoms with Crippen LogP contribution in [0.2, 0.25) is 0 Å². The van der Waals surface area contributed by atoms with E-state index in [-0.39, 0.29) is 11.4 Å². The molecule has 0 radical (unpaired) electrons. The van der Waals surface area contributed by atoms with Crippen molar-refractivity contribution in [3.05, 3.63) is 64.9 Å². The van der Waals surface area contributed by atoms with Gasteiger partial charge in [0.2, 0.25) is 0 Å². The SMILES string of the molecule is Cc1cn2cc(-c3ccc4c(=O)[nH]cnc4c3)cc(F)c2n1. The Balaban J connectivity index is 1.96. The number of fused-ring (bicyclic) bond motifs is 2. The Kier molecular flexibility index (Phi) is 2.59. The minimum absolute atomic E-state index is 0.191. The third-order valence-electron chi connectivity index (χ3n) is 3.60. The molecule has 0 atom stereocenters. The number of H-pyrrole nitrogens is 1. The number of halogens is 1. The summed E-state index contributed by atoms with van der Waals surface area (Å²) in [7, 11) is 0. The molecule has 1 aromatic carbocycles. The smallest absolute Gasteiger partial charge is 0.258 e. The van der Waals surface area contributed by atoms with Crippen molar-refractivity contribution in [2.45, 2.75) is 6.92 Å². The van der Waals surface area contributed by atoms with Crippen molar-refractivity contribution < 1.29 is 4.39 Å². The van der Waals surface area contributed by atoms with Crippen LogP contribution in [0, 0.1) is 12.7 Å². The number of aromatic amines is 1. The fourth-order valence-corrected chi connectivity index (χ4v) is 2.59. The van der Waals surface area contributed by atoms with Crippen molar-refractivity contribution in [1.29, 1.82) is 0 Å². The number of nitrogens with zero attached hydrogens (tertiary/aromatic N) is 3. The third kappa shape index (κ3) is 1.88. The second-order valence-electron chi connectivity index (χ2n) is 5.15. The molecule has 0 amide bonds. The van der Waals surface area contributed by atoms with Crippen LogP contribution in [0.1, 0.15) is 5.69 Å². The first kappa shape index (κ1) is 12.7. The Bertz CT molecular complexity index is 1080. The average Bonchev–Trinajstić information content (AvgIpc) is 2.88. The molecule has 1 N–H and O–H groups in total. The standard InChI is InChI=1S/C16H11FN4O/c1-9-6-21-7-11(4-13(17)15(21)20-9)10-2-3-12-14(5-10)18-8-19-16(12)22/h2-8H,1H3,(H,18,19,22). The molecule has 0 fully saturated rings. The van der Waals surface area contributed by atoms with Crippen molar-refractivity contribution in [2.75, 3.05) is 0 Å². The zero-order valence-corrected chi connectivity index (χ0v) is 11.7. The number of pyridine rings is 1. The molecule has 4 aromatic rings. The molecular formula is C16H11FN4O. The molecule has 5 nitrogen and oxygen atoms in total. The first-order chi connectivity index (χ1) is 10.6. The number of aromatic nitrogens is 4. The van der Waals surface area contributed by atoms with E-state index >= 15 is 0 Å². The lowest BCUT2D eigenvalue weighted by Gasteiger charge is -2.05. The van der Waals surface area contributed by atoms with Crippen molar-refractivity contribution >= 4 is 16.6 Å². The lowest BCUT2D eigenvalue weighted by atomic mass is 10.1. The van der Waals surface area contributed by atoms with Gasteiger partial charge in [0.05, 0.1) is 22.9 Å². The van der Waals surface area contributed by atoms with E-state index in [1.807, 2.05) is 13.1 Å². The van der Waals surface area contributed by atoms with Crippen LogP contribution in [0.3, 0.4) is 0 Å². The van der Waals surface area contributed by atoms with E-state index in [2.05, 4.69) is 15.0 Å². The zero-order valence-electron chi connectivity index (χ0n) is 11.7. The molecule has 0 spiro atoms. The molecule has 0 saturated carbocycles. The van der Waals surface area contributed by atoms with Crippen LogP contribution in [-0.4, -0.2) is 19.4 Å². The molecular weight excluding hydrogens is 283 g/mol. The highest BCUT2D eigenvalue weighted by atomic mass is 19.1. The fourth-order valence-electron chi connectivity index (χ4n) is 2.59. The number of rotatable bonds is 1. The minimum atomic E-state index is -0.385. The molecule has 3 aromatic heterocycles. The highest BCUT2D eigenvalue weighted by Crippen LogP contribution is 2.24. The maximum absolute atomic E-state index is 14.2. The lowest BCUT2D eigenvalue weighted by molar-refractivity contribution is 0.630. The van der Waals surface area contributed by atoms with Gasteiger partial charge in [-0.2, -0.15) is 0 Å². The number of aryl methyl sites for hydroxylation is 1. The van der Waals surface area contributed by atoms with Gasteiger partial charge in [-0.05, 0) is 30.7 Å². The van der Waals surface area contributed by atoms with Crippen molar-refractivity contribution in [2.24, 2.45) is 0 Å². The van der Waals surface area contributed by atoms with Gasteiger partial charge < -0.3 is 9.38 Å². The summed E-state index contributed by atoms with van der Waals surface area (Å²) in [4.78, 5) is 22.5. The first-order valence-corrected chi connectivity index (χ1v) is 6.74. The minimum Gasteiger partial charge on any atom is -0.313 e. The second-order valence-corrected chi connectivity index (χ2v) is 5.15. The van der Waals surface area contributed by atoms with Crippen LogP contribution in [0.25, 0.3) is 27.7 Å². The van der Waals surface area contributed by atoms with Crippen molar-refractivity contribution in [1.82, 2.24) is 19.4 Å². The zero-order chi connectivity index (χ0) is 15.3. The predicted octanol–water partition coefficient (Wildman–Crippen LogP) is 2.69. The van der Waals surface area contributed by atoms with Crippen LogP contribution in [-0.2, 0) is 0 Å². The van der Waals surface area contributed by atoms with Gasteiger partial charge in [0.25, 0.3) is 5.56 Å². The van der Waals surface area contributed by atoms with Crippen LogP contribution in [0.4, 0.5) is 4.39 Å². The second kappa shape index (κ2) is 4.49. The molecule has 4 rings (SSSR count). The Morgan fingerprint density at radius 3 is 2.91 bits per heavy atom. The van der Waals surface area contributed by atoms with E-state index in [0.717, 1.165) is 11.3 Å². The molecule has 0 saturated heterocycles. The summed E-state index contributed by atoms with van der Waals surface area (Å²) in [6.45, 7) is 1.82. The van der Waals surface area contributed by atoms with Gasteiger partial charge in [0, 0.05) is 18.0 Å². The van der Waals surface area contributed by atoms with E-state index in [4.69, 9.17) is 0 Å². The molecule has 108 valence electrons. The van der Waals surface area contributed by atoms with E-state index in [1.165, 1.54) is 12.4 Å². The van der Waals surface area contributed by atoms with Gasteiger partial charge in [-0.15, -0.1) is 0 Å². The molecule has 3 heterocycles. The summed E-state index contributed by atoms with van der Waals surface area (Å²) in [6.07, 6.45) is 4.94. The normalized spacial score (nSPS) is 11.4. The summed E-state index contributed by atoms with van der Waals surface area (Å²) >= 11 is 0. The summed E-state index contributed by atoms with van der Waals surface area (Å²) in [6, 6.07) is 6.69. The lowest BCUT2D eigenvalue weighted by Crippen LogP contribution is -2.05. The predicted molar refractivity (Wildman–Crippen MR) is 81.2 cm³/mol. The topological polar surface area (TPSA) is 63.0 Å². The van der Waals surface area contributed by atoms with Crippen LogP contribution >= 0.6 is 0 Å². The summed E-state index contributed by atoms with van der Waals surface area (Å²) < 4.78 is 15.8. The Morgan fingerprint density at radius 1 is 1.18 bits per heavy atom. The monoisotopic (exact) mass is 294 g/mol. The number of nitrogens with one attached hydrogen (secondary N) is 1. The molecule has 0 unspecified atom stereocenters. The van der Waals surface area contributed by atoms with E-state index in [1.54, 1.807) is 28.8 Å². The highest BCUT2D eigenvalue weighted by molar-refractivity contribution is 5.83. The molecule has 6 heteroatoms. The fraction of sp³-hybridized carbons (Fsp3) is 0.0625.